The second kappa shape index (κ2) is 3.88. The standard InChI is InChI=1S/C13H8N2O4/c16-14(17)10-1-3-12-8(6-10)5-9-7-11(15(18)19)2-4-13(9)12/h1-8H/t8-/m1/s1. The lowest BCUT2D eigenvalue weighted by molar-refractivity contribution is -0.419. The van der Waals surface area contributed by atoms with Gasteiger partial charge in [-0.05, 0) is 22.1 Å². The second-order valence-electron chi connectivity index (χ2n) is 4.36. The minimum absolute atomic E-state index is 0.0247. The molecule has 0 fully saturated rings. The van der Waals surface area contributed by atoms with Gasteiger partial charge in [0.25, 0.3) is 11.4 Å². The summed E-state index contributed by atoms with van der Waals surface area (Å²) in [6.07, 6.45) is 6.53. The van der Waals surface area contributed by atoms with Gasteiger partial charge in [-0.2, -0.15) is 0 Å². The first-order valence-corrected chi connectivity index (χ1v) is 5.61. The predicted octanol–water partition coefficient (Wildman–Crippen LogP) is 0.886. The number of hydrogen-bond donors (Lipinski definition) is 0. The normalized spacial score (nSPS) is 19.3. The number of nitrogens with zero attached hydrogens (tertiary/aromatic N) is 2. The Balaban J connectivity index is 2.18. The topological polar surface area (TPSA) is 86.3 Å². The van der Waals surface area contributed by atoms with E-state index in [9.17, 15) is 20.2 Å². The van der Waals surface area contributed by atoms with E-state index in [1.165, 1.54) is 18.2 Å². The van der Waals surface area contributed by atoms with Gasteiger partial charge in [0.15, 0.2) is 0 Å². The van der Waals surface area contributed by atoms with Gasteiger partial charge in [0, 0.05) is 30.2 Å². The largest absolute Gasteiger partial charge is 0.270 e. The van der Waals surface area contributed by atoms with Crippen LogP contribution in [-0.4, -0.2) is 9.85 Å². The molecule has 0 saturated carbocycles. The molecule has 2 aliphatic rings. The number of allylic oxidation sites excluding steroid dienone is 3. The van der Waals surface area contributed by atoms with Crippen LogP contribution in [0.15, 0.2) is 42.1 Å². The molecular weight excluding hydrogens is 248 g/mol. The molecule has 94 valence electrons. The van der Waals surface area contributed by atoms with Gasteiger partial charge in [-0.15, -0.1) is 0 Å². The highest BCUT2D eigenvalue weighted by atomic mass is 16.6. The molecule has 1 aromatic rings. The Morgan fingerprint density at radius 2 is 1.79 bits per heavy atom. The summed E-state index contributed by atoms with van der Waals surface area (Å²) >= 11 is 0. The van der Waals surface area contributed by atoms with Crippen LogP contribution in [0.3, 0.4) is 0 Å². The van der Waals surface area contributed by atoms with Gasteiger partial charge in [-0.3, -0.25) is 20.2 Å². The minimum atomic E-state index is -0.450. The first kappa shape index (κ1) is 11.3. The molecule has 0 radical (unpaired) electrons. The monoisotopic (exact) mass is 256 g/mol. The lowest BCUT2D eigenvalue weighted by Gasteiger charge is -2.08. The molecule has 19 heavy (non-hydrogen) atoms. The number of nitro groups is 2. The first-order chi connectivity index (χ1) is 9.06. The van der Waals surface area contributed by atoms with Crippen LogP contribution in [-0.2, 0) is 0 Å². The van der Waals surface area contributed by atoms with E-state index in [1.807, 2.05) is 6.08 Å². The Morgan fingerprint density at radius 3 is 2.47 bits per heavy atom. The fourth-order valence-corrected chi connectivity index (χ4v) is 2.40. The Morgan fingerprint density at radius 1 is 1.00 bits per heavy atom. The van der Waals surface area contributed by atoms with Crippen molar-refractivity contribution in [1.82, 2.24) is 0 Å². The van der Waals surface area contributed by atoms with Gasteiger partial charge in [0.2, 0.25) is 0 Å². The molecule has 6 nitrogen and oxygen atoms in total. The second-order valence-corrected chi connectivity index (χ2v) is 4.36. The van der Waals surface area contributed by atoms with Crippen LogP contribution < -0.4 is 10.4 Å². The molecule has 0 aliphatic heterocycles. The van der Waals surface area contributed by atoms with E-state index < -0.39 is 9.85 Å². The molecule has 0 aromatic heterocycles. The van der Waals surface area contributed by atoms with Gasteiger partial charge in [0.05, 0.1) is 9.85 Å². The molecule has 0 unspecified atom stereocenters. The fourth-order valence-electron chi connectivity index (χ4n) is 2.40. The third-order valence-electron chi connectivity index (χ3n) is 3.27. The molecule has 1 atom stereocenters. The highest BCUT2D eigenvalue weighted by Gasteiger charge is 2.23. The van der Waals surface area contributed by atoms with Crippen molar-refractivity contribution in [1.29, 1.82) is 0 Å². The molecule has 0 heterocycles. The highest BCUT2D eigenvalue weighted by molar-refractivity contribution is 5.75. The van der Waals surface area contributed by atoms with Gasteiger partial charge in [0.1, 0.15) is 0 Å². The van der Waals surface area contributed by atoms with Crippen LogP contribution >= 0.6 is 0 Å². The maximum Gasteiger partial charge on any atom is 0.270 e. The molecule has 0 bridgehead atoms. The quantitative estimate of drug-likeness (QED) is 0.580. The van der Waals surface area contributed by atoms with E-state index in [4.69, 9.17) is 0 Å². The summed E-state index contributed by atoms with van der Waals surface area (Å²) in [5.41, 5.74) is 1.01. The average molecular weight is 256 g/mol. The zero-order valence-electron chi connectivity index (χ0n) is 9.65. The maximum atomic E-state index is 10.7. The molecule has 0 spiro atoms. The first-order valence-electron chi connectivity index (χ1n) is 5.61. The summed E-state index contributed by atoms with van der Waals surface area (Å²) < 4.78 is 0. The van der Waals surface area contributed by atoms with Crippen LogP contribution in [0.1, 0.15) is 0 Å². The number of nitro benzene ring substituents is 1. The van der Waals surface area contributed by atoms with Gasteiger partial charge < -0.3 is 0 Å². The molecule has 0 amide bonds. The molecule has 2 aliphatic carbocycles. The Hall–Kier alpha value is -2.76. The summed E-state index contributed by atoms with van der Waals surface area (Å²) in [4.78, 5) is 20.6. The van der Waals surface area contributed by atoms with Crippen LogP contribution in [0.2, 0.25) is 0 Å². The molecule has 0 N–H and O–H groups in total. The highest BCUT2D eigenvalue weighted by Crippen LogP contribution is 2.26. The lowest BCUT2D eigenvalue weighted by atomic mass is 9.95. The Bertz CT molecular complexity index is 789. The summed E-state index contributed by atoms with van der Waals surface area (Å²) in [6.45, 7) is 0. The van der Waals surface area contributed by atoms with Crippen molar-refractivity contribution in [3.05, 3.63) is 72.8 Å². The van der Waals surface area contributed by atoms with Crippen molar-refractivity contribution in [2.75, 3.05) is 0 Å². The molecule has 0 saturated heterocycles. The van der Waals surface area contributed by atoms with Crippen molar-refractivity contribution in [3.8, 4) is 0 Å². The van der Waals surface area contributed by atoms with Crippen molar-refractivity contribution in [2.45, 2.75) is 0 Å². The third-order valence-corrected chi connectivity index (χ3v) is 3.27. The average Bonchev–Trinajstić information content (AvgIpc) is 2.74. The zero-order valence-corrected chi connectivity index (χ0v) is 9.65. The third kappa shape index (κ3) is 1.74. The van der Waals surface area contributed by atoms with Crippen LogP contribution in [0.5, 0.6) is 0 Å². The maximum absolute atomic E-state index is 10.7. The van der Waals surface area contributed by atoms with Gasteiger partial charge in [-0.1, -0.05) is 12.2 Å². The number of benzene rings is 1. The van der Waals surface area contributed by atoms with Crippen molar-refractivity contribution in [2.24, 2.45) is 5.92 Å². The summed E-state index contributed by atoms with van der Waals surface area (Å²) in [7, 11) is 0. The smallest absolute Gasteiger partial charge is 0.258 e. The van der Waals surface area contributed by atoms with Crippen LogP contribution in [0.4, 0.5) is 5.69 Å². The van der Waals surface area contributed by atoms with E-state index in [0.29, 0.717) is 0 Å². The van der Waals surface area contributed by atoms with E-state index >= 15 is 0 Å². The fraction of sp³-hybridized carbons (Fsp3) is 0.0769. The van der Waals surface area contributed by atoms with Gasteiger partial charge in [-0.25, -0.2) is 0 Å². The molecule has 6 heteroatoms. The molecular formula is C13H8N2O4. The predicted molar refractivity (Wildman–Crippen MR) is 67.9 cm³/mol. The number of fused-ring (bicyclic) bond motifs is 2. The Kier molecular flexibility index (Phi) is 2.31. The number of non-ortho nitro benzene ring substituents is 1. The van der Waals surface area contributed by atoms with Crippen molar-refractivity contribution >= 4 is 17.3 Å². The summed E-state index contributed by atoms with van der Waals surface area (Å²) in [5.74, 6) is -0.178. The summed E-state index contributed by atoms with van der Waals surface area (Å²) in [6, 6.07) is 4.63. The van der Waals surface area contributed by atoms with Crippen molar-refractivity contribution < 1.29 is 9.85 Å². The van der Waals surface area contributed by atoms with E-state index in [1.54, 1.807) is 18.2 Å². The van der Waals surface area contributed by atoms with Crippen molar-refractivity contribution in [3.63, 3.8) is 0 Å². The van der Waals surface area contributed by atoms with E-state index in [-0.39, 0.29) is 17.3 Å². The van der Waals surface area contributed by atoms with Crippen LogP contribution in [0.25, 0.3) is 11.6 Å². The SMILES string of the molecule is O=[N+]([O-])C1=C[C@H]2C=c3cc([N+](=O)[O-])ccc3=C2C=C1. The van der Waals surface area contributed by atoms with Crippen LogP contribution in [0, 0.1) is 26.1 Å². The van der Waals surface area contributed by atoms with E-state index in [2.05, 4.69) is 0 Å². The summed E-state index contributed by atoms with van der Waals surface area (Å²) in [5, 5.41) is 23.1. The lowest BCUT2D eigenvalue weighted by Crippen LogP contribution is -2.22. The molecule has 1 aromatic carbocycles. The number of rotatable bonds is 2. The van der Waals surface area contributed by atoms with E-state index in [0.717, 1.165) is 16.0 Å². The molecule has 3 rings (SSSR count). The minimum Gasteiger partial charge on any atom is -0.258 e. The number of hydrogen-bond acceptors (Lipinski definition) is 4. The zero-order chi connectivity index (χ0) is 13.6. The van der Waals surface area contributed by atoms with Gasteiger partial charge >= 0.3 is 0 Å². The Labute approximate surface area is 107 Å².